The van der Waals surface area contributed by atoms with Gasteiger partial charge in [-0.3, -0.25) is 4.79 Å². The van der Waals surface area contributed by atoms with Gasteiger partial charge in [-0.1, -0.05) is 23.7 Å². The average molecular weight is 476 g/mol. The third-order valence-electron chi connectivity index (χ3n) is 4.87. The number of rotatable bonds is 7. The van der Waals surface area contributed by atoms with Crippen molar-refractivity contribution in [1.82, 2.24) is 3.97 Å². The second kappa shape index (κ2) is 8.37. The van der Waals surface area contributed by atoms with Crippen molar-refractivity contribution >= 4 is 49.8 Å². The van der Waals surface area contributed by atoms with Gasteiger partial charge in [0, 0.05) is 27.9 Å². The predicted molar refractivity (Wildman–Crippen MR) is 122 cm³/mol. The Kier molecular flexibility index (Phi) is 5.79. The predicted octanol–water partition coefficient (Wildman–Crippen LogP) is 5.29. The minimum absolute atomic E-state index is 0.103. The number of aromatic nitrogens is 1. The largest absolute Gasteiger partial charge is 0.497 e. The Morgan fingerprint density at radius 3 is 2.68 bits per heavy atom. The zero-order valence-electron chi connectivity index (χ0n) is 16.4. The van der Waals surface area contributed by atoms with E-state index in [0.717, 1.165) is 21.8 Å². The van der Waals surface area contributed by atoms with E-state index in [-0.39, 0.29) is 17.1 Å². The van der Waals surface area contributed by atoms with Gasteiger partial charge in [0.15, 0.2) is 0 Å². The van der Waals surface area contributed by atoms with Crippen molar-refractivity contribution in [3.63, 3.8) is 0 Å². The number of hydrogen-bond acceptors (Lipinski definition) is 5. The van der Waals surface area contributed by atoms with E-state index in [1.165, 1.54) is 17.3 Å². The van der Waals surface area contributed by atoms with Crippen LogP contribution in [-0.4, -0.2) is 30.6 Å². The van der Waals surface area contributed by atoms with E-state index in [1.807, 2.05) is 12.1 Å². The summed E-state index contributed by atoms with van der Waals surface area (Å²) in [6, 6.07) is 15.6. The lowest BCUT2D eigenvalue weighted by atomic mass is 10.1. The molecule has 160 valence electrons. The SMILES string of the molecule is COc1ccc2c(c1)c(CCC(=O)O)cn2S(=O)(=O)c1ccc(-c2cccc(Cl)c2)s1. The van der Waals surface area contributed by atoms with E-state index in [1.54, 1.807) is 42.5 Å². The van der Waals surface area contributed by atoms with Gasteiger partial charge in [0.25, 0.3) is 10.0 Å². The van der Waals surface area contributed by atoms with Crippen LogP contribution in [0.5, 0.6) is 5.75 Å². The van der Waals surface area contributed by atoms with E-state index in [4.69, 9.17) is 21.4 Å². The highest BCUT2D eigenvalue weighted by molar-refractivity contribution is 7.92. The number of aliphatic carboxylic acids is 1. The molecular formula is C22H18ClNO5S2. The lowest BCUT2D eigenvalue weighted by Gasteiger charge is -2.06. The Bertz CT molecular complexity index is 1390. The second-order valence-electron chi connectivity index (χ2n) is 6.86. The molecule has 2 aromatic carbocycles. The fraction of sp³-hybridized carbons (Fsp3) is 0.136. The Hall–Kier alpha value is -2.81. The highest BCUT2D eigenvalue weighted by Crippen LogP contribution is 2.35. The lowest BCUT2D eigenvalue weighted by molar-refractivity contribution is -0.136. The summed E-state index contributed by atoms with van der Waals surface area (Å²) in [6.45, 7) is 0. The third kappa shape index (κ3) is 4.19. The van der Waals surface area contributed by atoms with Gasteiger partial charge in [-0.15, -0.1) is 11.3 Å². The first-order chi connectivity index (χ1) is 14.8. The van der Waals surface area contributed by atoms with Crippen LogP contribution in [0.2, 0.25) is 5.02 Å². The topological polar surface area (TPSA) is 85.6 Å². The molecule has 1 N–H and O–H groups in total. The number of thiophene rings is 1. The molecule has 6 nitrogen and oxygen atoms in total. The molecule has 4 aromatic rings. The second-order valence-corrected chi connectivity index (χ2v) is 10.4. The minimum Gasteiger partial charge on any atom is -0.497 e. The van der Waals surface area contributed by atoms with Crippen molar-refractivity contribution < 1.29 is 23.1 Å². The minimum atomic E-state index is -3.89. The normalized spacial score (nSPS) is 11.7. The van der Waals surface area contributed by atoms with Crippen molar-refractivity contribution in [2.45, 2.75) is 17.1 Å². The molecule has 0 fully saturated rings. The van der Waals surface area contributed by atoms with Crippen LogP contribution < -0.4 is 4.74 Å². The molecule has 0 amide bonds. The standard InChI is InChI=1S/C22H18ClNO5S2/c1-29-17-6-7-19-18(12-17)15(5-9-21(25)26)13-24(19)31(27,28)22-10-8-20(30-22)14-3-2-4-16(23)11-14/h2-4,6-8,10-13H,5,9H2,1H3,(H,25,26). The van der Waals surface area contributed by atoms with Crippen LogP contribution in [0.15, 0.2) is 65.0 Å². The van der Waals surface area contributed by atoms with Crippen molar-refractivity contribution in [2.24, 2.45) is 0 Å². The maximum absolute atomic E-state index is 13.5. The molecule has 0 spiro atoms. The van der Waals surface area contributed by atoms with E-state index in [2.05, 4.69) is 0 Å². The number of carboxylic acids is 1. The lowest BCUT2D eigenvalue weighted by Crippen LogP contribution is -2.10. The number of nitrogens with zero attached hydrogens (tertiary/aromatic N) is 1. The molecule has 0 aliphatic carbocycles. The fourth-order valence-corrected chi connectivity index (χ4v) is 6.34. The van der Waals surface area contributed by atoms with Crippen molar-refractivity contribution in [1.29, 1.82) is 0 Å². The number of aryl methyl sites for hydroxylation is 1. The maximum Gasteiger partial charge on any atom is 0.303 e. The molecule has 0 atom stereocenters. The smallest absolute Gasteiger partial charge is 0.303 e. The van der Waals surface area contributed by atoms with E-state index in [0.29, 0.717) is 27.2 Å². The summed E-state index contributed by atoms with van der Waals surface area (Å²) in [5.74, 6) is -0.380. The molecule has 31 heavy (non-hydrogen) atoms. The fourth-order valence-electron chi connectivity index (χ4n) is 3.36. The molecule has 0 saturated carbocycles. The number of hydrogen-bond donors (Lipinski definition) is 1. The summed E-state index contributed by atoms with van der Waals surface area (Å²) >= 11 is 7.22. The molecule has 4 rings (SSSR count). The van der Waals surface area contributed by atoms with E-state index in [9.17, 15) is 13.2 Å². The molecule has 0 aliphatic rings. The van der Waals surface area contributed by atoms with Crippen molar-refractivity contribution in [3.8, 4) is 16.2 Å². The van der Waals surface area contributed by atoms with Crippen LogP contribution in [0.1, 0.15) is 12.0 Å². The first kappa shape index (κ1) is 21.4. The Balaban J connectivity index is 1.81. The van der Waals surface area contributed by atoms with Crippen LogP contribution >= 0.6 is 22.9 Å². The zero-order chi connectivity index (χ0) is 22.2. The summed E-state index contributed by atoms with van der Waals surface area (Å²) in [6.07, 6.45) is 1.61. The number of carbonyl (C=O) groups is 1. The van der Waals surface area contributed by atoms with Gasteiger partial charge in [-0.2, -0.15) is 8.42 Å². The highest BCUT2D eigenvalue weighted by atomic mass is 35.5. The van der Waals surface area contributed by atoms with Crippen LogP contribution in [0, 0.1) is 0 Å². The van der Waals surface area contributed by atoms with Crippen LogP contribution in [-0.2, 0) is 21.2 Å². The van der Waals surface area contributed by atoms with E-state index >= 15 is 0 Å². The number of carboxylic acid groups (broad SMARTS) is 1. The Morgan fingerprint density at radius 2 is 1.97 bits per heavy atom. The maximum atomic E-state index is 13.5. The van der Waals surface area contributed by atoms with Gasteiger partial charge in [-0.05, 0) is 60.0 Å². The Labute approximate surface area is 188 Å². The molecule has 0 radical (unpaired) electrons. The number of halogens is 1. The quantitative estimate of drug-likeness (QED) is 0.392. The first-order valence-electron chi connectivity index (χ1n) is 9.31. The molecule has 0 bridgehead atoms. The average Bonchev–Trinajstić information content (AvgIpc) is 3.38. The van der Waals surface area contributed by atoms with Gasteiger partial charge < -0.3 is 9.84 Å². The molecule has 0 unspecified atom stereocenters. The van der Waals surface area contributed by atoms with Gasteiger partial charge in [0.1, 0.15) is 9.96 Å². The summed E-state index contributed by atoms with van der Waals surface area (Å²) in [4.78, 5) is 11.8. The molecular weight excluding hydrogens is 458 g/mol. The van der Waals surface area contributed by atoms with Crippen LogP contribution in [0.25, 0.3) is 21.3 Å². The third-order valence-corrected chi connectivity index (χ3v) is 8.38. The van der Waals surface area contributed by atoms with Gasteiger partial charge in [0.2, 0.25) is 0 Å². The van der Waals surface area contributed by atoms with E-state index < -0.39 is 16.0 Å². The Morgan fingerprint density at radius 1 is 1.16 bits per heavy atom. The molecule has 0 aliphatic heterocycles. The number of ether oxygens (including phenoxy) is 1. The van der Waals surface area contributed by atoms with Gasteiger partial charge in [0.05, 0.1) is 12.6 Å². The van der Waals surface area contributed by atoms with Gasteiger partial charge >= 0.3 is 5.97 Å². The van der Waals surface area contributed by atoms with Gasteiger partial charge in [-0.25, -0.2) is 3.97 Å². The number of benzene rings is 2. The summed E-state index contributed by atoms with van der Waals surface area (Å²) in [5.41, 5.74) is 1.94. The van der Waals surface area contributed by atoms with Crippen LogP contribution in [0.4, 0.5) is 0 Å². The molecule has 2 aromatic heterocycles. The first-order valence-corrected chi connectivity index (χ1v) is 11.9. The summed E-state index contributed by atoms with van der Waals surface area (Å²) < 4.78 is 33.6. The van der Waals surface area contributed by atoms with Crippen LogP contribution in [0.3, 0.4) is 0 Å². The summed E-state index contributed by atoms with van der Waals surface area (Å²) in [5, 5.41) is 10.3. The zero-order valence-corrected chi connectivity index (χ0v) is 18.8. The summed E-state index contributed by atoms with van der Waals surface area (Å²) in [7, 11) is -2.36. The highest BCUT2D eigenvalue weighted by Gasteiger charge is 2.24. The number of methoxy groups -OCH3 is 1. The van der Waals surface area contributed by atoms with Crippen molar-refractivity contribution in [2.75, 3.05) is 7.11 Å². The molecule has 2 heterocycles. The molecule has 9 heteroatoms. The number of fused-ring (bicyclic) bond motifs is 1. The molecule has 0 saturated heterocycles. The van der Waals surface area contributed by atoms with Crippen molar-refractivity contribution in [3.05, 3.63) is 71.4 Å². The monoisotopic (exact) mass is 475 g/mol.